The van der Waals surface area contributed by atoms with Crippen molar-refractivity contribution in [2.45, 2.75) is 25.4 Å². The first-order valence-corrected chi connectivity index (χ1v) is 11.0. The summed E-state index contributed by atoms with van der Waals surface area (Å²) in [6.45, 7) is 3.03. The third-order valence-corrected chi connectivity index (χ3v) is 6.19. The third kappa shape index (κ3) is 3.60. The van der Waals surface area contributed by atoms with E-state index < -0.39 is 0 Å². The Bertz CT molecular complexity index is 1420. The zero-order valence-electron chi connectivity index (χ0n) is 18.1. The lowest BCUT2D eigenvalue weighted by Crippen LogP contribution is -2.17. The molecule has 6 nitrogen and oxygen atoms in total. The molecule has 2 atom stereocenters. The number of aromatic nitrogens is 4. The van der Waals surface area contributed by atoms with Crippen LogP contribution < -0.4 is 5.32 Å². The van der Waals surface area contributed by atoms with Crippen molar-refractivity contribution in [1.29, 1.82) is 0 Å². The molecule has 0 bridgehead atoms. The van der Waals surface area contributed by atoms with Crippen molar-refractivity contribution in [2.24, 2.45) is 0 Å². The van der Waals surface area contributed by atoms with Crippen molar-refractivity contribution in [3.05, 3.63) is 79.0 Å². The largest absolute Gasteiger partial charge is 0.438 e. The van der Waals surface area contributed by atoms with Gasteiger partial charge in [0.2, 0.25) is 5.71 Å². The van der Waals surface area contributed by atoms with E-state index in [0.29, 0.717) is 11.8 Å². The number of rotatable bonds is 4. The minimum absolute atomic E-state index is 0.245. The summed E-state index contributed by atoms with van der Waals surface area (Å²) in [4.78, 5) is 8.99. The van der Waals surface area contributed by atoms with E-state index in [1.54, 1.807) is 12.1 Å². The van der Waals surface area contributed by atoms with Crippen LogP contribution >= 0.6 is 0 Å². The van der Waals surface area contributed by atoms with Crippen molar-refractivity contribution in [3.63, 3.8) is 0 Å². The predicted octanol–water partition coefficient (Wildman–Crippen LogP) is 5.48. The van der Waals surface area contributed by atoms with Crippen LogP contribution in [0.25, 0.3) is 44.9 Å². The van der Waals surface area contributed by atoms with Crippen LogP contribution in [0.1, 0.15) is 19.4 Å². The molecule has 6 rings (SSSR count). The van der Waals surface area contributed by atoms with Crippen molar-refractivity contribution < 1.29 is 8.81 Å². The van der Waals surface area contributed by atoms with E-state index in [-0.39, 0.29) is 11.9 Å². The molecule has 1 aliphatic rings. The number of fused-ring (bicyclic) bond motifs is 1. The van der Waals surface area contributed by atoms with Gasteiger partial charge in [0.1, 0.15) is 23.6 Å². The molecule has 0 aliphatic carbocycles. The monoisotopic (exact) mass is 439 g/mol. The highest BCUT2D eigenvalue weighted by atomic mass is 19.1. The minimum atomic E-state index is -0.277. The molecule has 0 unspecified atom stereocenters. The number of nitrogens with zero attached hydrogens (tertiary/aromatic N) is 4. The second-order valence-electron chi connectivity index (χ2n) is 8.49. The van der Waals surface area contributed by atoms with Gasteiger partial charge in [-0.1, -0.05) is 30.3 Å². The quantitative estimate of drug-likeness (QED) is 0.401. The highest BCUT2D eigenvalue weighted by Gasteiger charge is 2.26. The van der Waals surface area contributed by atoms with Gasteiger partial charge in [-0.25, -0.2) is 14.4 Å². The Hall–Kier alpha value is -3.84. The summed E-state index contributed by atoms with van der Waals surface area (Å²) < 4.78 is 21.7. The van der Waals surface area contributed by atoms with E-state index in [2.05, 4.69) is 22.2 Å². The van der Waals surface area contributed by atoms with E-state index in [4.69, 9.17) is 9.52 Å². The Labute approximate surface area is 190 Å². The summed E-state index contributed by atoms with van der Waals surface area (Å²) >= 11 is 0. The Morgan fingerprint density at radius 2 is 1.82 bits per heavy atom. The molecule has 4 heterocycles. The van der Waals surface area contributed by atoms with Crippen LogP contribution in [0.2, 0.25) is 0 Å². The third-order valence-electron chi connectivity index (χ3n) is 6.19. The summed E-state index contributed by atoms with van der Waals surface area (Å²) in [6, 6.07) is 19.0. The molecule has 33 heavy (non-hydrogen) atoms. The van der Waals surface area contributed by atoms with Crippen molar-refractivity contribution in [1.82, 2.24) is 25.1 Å². The lowest BCUT2D eigenvalue weighted by Gasteiger charge is -2.08. The normalized spacial score (nSPS) is 18.2. The first-order valence-electron chi connectivity index (χ1n) is 11.0. The van der Waals surface area contributed by atoms with E-state index >= 15 is 0 Å². The summed E-state index contributed by atoms with van der Waals surface area (Å²) in [5.74, 6) is 0.456. The highest BCUT2D eigenvalue weighted by molar-refractivity contribution is 5.95. The molecule has 0 spiro atoms. The molecule has 164 valence electrons. The van der Waals surface area contributed by atoms with Crippen LogP contribution in [-0.2, 0) is 0 Å². The molecular weight excluding hydrogens is 417 g/mol. The Kier molecular flexibility index (Phi) is 4.77. The molecule has 0 saturated carbocycles. The van der Waals surface area contributed by atoms with Gasteiger partial charge in [0.05, 0.1) is 17.1 Å². The minimum Gasteiger partial charge on any atom is -0.438 e. The van der Waals surface area contributed by atoms with Crippen LogP contribution in [0.3, 0.4) is 0 Å². The second-order valence-corrected chi connectivity index (χ2v) is 8.49. The van der Waals surface area contributed by atoms with Gasteiger partial charge < -0.3 is 9.73 Å². The average molecular weight is 439 g/mol. The maximum atomic E-state index is 13.6. The van der Waals surface area contributed by atoms with Gasteiger partial charge in [0.25, 0.3) is 0 Å². The zero-order valence-corrected chi connectivity index (χ0v) is 18.1. The lowest BCUT2D eigenvalue weighted by atomic mass is 10.0. The molecule has 1 N–H and O–H groups in total. The summed E-state index contributed by atoms with van der Waals surface area (Å²) in [5.41, 5.74) is 4.71. The standard InChI is InChI=1S/C26H22FN5O/c1-16-11-20(13-28-16)32-14-22(24(31-32)18-7-9-19(27)10-8-18)25-21-12-23(17-5-3-2-4-6-17)33-26(21)30-15-29-25/h2-10,12,14-16,20,28H,11,13H2,1H3/t16-,20-/m0/s1. The maximum absolute atomic E-state index is 13.6. The highest BCUT2D eigenvalue weighted by Crippen LogP contribution is 2.37. The Balaban J connectivity index is 1.52. The molecule has 3 aromatic heterocycles. The summed E-state index contributed by atoms with van der Waals surface area (Å²) in [5, 5.41) is 9.24. The molecule has 7 heteroatoms. The molecule has 0 amide bonds. The van der Waals surface area contributed by atoms with E-state index in [1.807, 2.05) is 47.3 Å². The molecule has 0 radical (unpaired) electrons. The zero-order chi connectivity index (χ0) is 22.4. The van der Waals surface area contributed by atoms with Crippen LogP contribution in [-0.4, -0.2) is 32.3 Å². The van der Waals surface area contributed by atoms with E-state index in [0.717, 1.165) is 52.2 Å². The Morgan fingerprint density at radius 3 is 2.58 bits per heavy atom. The smallest absolute Gasteiger partial charge is 0.230 e. The van der Waals surface area contributed by atoms with Crippen molar-refractivity contribution in [3.8, 4) is 33.8 Å². The van der Waals surface area contributed by atoms with Crippen LogP contribution in [0, 0.1) is 5.82 Å². The number of benzene rings is 2. The van der Waals surface area contributed by atoms with Crippen molar-refractivity contribution in [2.75, 3.05) is 6.54 Å². The van der Waals surface area contributed by atoms with Crippen LogP contribution in [0.5, 0.6) is 0 Å². The van der Waals surface area contributed by atoms with Crippen LogP contribution in [0.4, 0.5) is 4.39 Å². The van der Waals surface area contributed by atoms with Gasteiger partial charge in [0, 0.05) is 35.5 Å². The van der Waals surface area contributed by atoms with Gasteiger partial charge in [-0.15, -0.1) is 0 Å². The maximum Gasteiger partial charge on any atom is 0.230 e. The van der Waals surface area contributed by atoms with E-state index in [9.17, 15) is 4.39 Å². The van der Waals surface area contributed by atoms with Gasteiger partial charge in [-0.05, 0) is 43.7 Å². The number of halogens is 1. The number of nitrogens with one attached hydrogen (secondary N) is 1. The molecule has 1 fully saturated rings. The molecule has 1 saturated heterocycles. The topological polar surface area (TPSA) is 68.8 Å². The lowest BCUT2D eigenvalue weighted by molar-refractivity contribution is 0.484. The molecule has 5 aromatic rings. The second kappa shape index (κ2) is 7.94. The van der Waals surface area contributed by atoms with Gasteiger partial charge in [0.15, 0.2) is 0 Å². The fraction of sp³-hybridized carbons (Fsp3) is 0.192. The molecular formula is C26H22FN5O. The SMILES string of the molecule is C[C@H]1C[C@H](n2cc(-c3ncnc4oc(-c5ccccc5)cc34)c(-c3ccc(F)cc3)n2)CN1. The molecule has 1 aliphatic heterocycles. The van der Waals surface area contributed by atoms with Crippen molar-refractivity contribution >= 4 is 11.1 Å². The van der Waals surface area contributed by atoms with E-state index in [1.165, 1.54) is 18.5 Å². The summed E-state index contributed by atoms with van der Waals surface area (Å²) in [7, 11) is 0. The predicted molar refractivity (Wildman–Crippen MR) is 125 cm³/mol. The fourth-order valence-electron chi connectivity index (χ4n) is 4.50. The van der Waals surface area contributed by atoms with Gasteiger partial charge in [-0.3, -0.25) is 4.68 Å². The van der Waals surface area contributed by atoms with Crippen LogP contribution in [0.15, 0.2) is 77.6 Å². The average Bonchev–Trinajstić information content (AvgIpc) is 3.58. The number of hydrogen-bond donors (Lipinski definition) is 1. The van der Waals surface area contributed by atoms with Gasteiger partial charge in [-0.2, -0.15) is 5.10 Å². The number of hydrogen-bond acceptors (Lipinski definition) is 5. The first-order chi connectivity index (χ1) is 16.2. The summed E-state index contributed by atoms with van der Waals surface area (Å²) in [6.07, 6.45) is 4.55. The Morgan fingerprint density at radius 1 is 1.00 bits per heavy atom. The molecule has 2 aromatic carbocycles. The van der Waals surface area contributed by atoms with Gasteiger partial charge >= 0.3 is 0 Å². The first kappa shape index (κ1) is 19.8. The number of furan rings is 1. The fourth-order valence-corrected chi connectivity index (χ4v) is 4.50.